The van der Waals surface area contributed by atoms with Gasteiger partial charge in [0, 0.05) is 17.7 Å². The Balaban J connectivity index is 4.51. The highest BCUT2D eigenvalue weighted by Gasteiger charge is 2.28. The zero-order valence-corrected chi connectivity index (χ0v) is 10.9. The number of hydrogen-bond donors (Lipinski definition) is 3. The highest BCUT2D eigenvalue weighted by Crippen LogP contribution is 2.07. The fourth-order valence-corrected chi connectivity index (χ4v) is 1.48. The van der Waals surface area contributed by atoms with Crippen LogP contribution in [0.4, 0.5) is 0 Å². The van der Waals surface area contributed by atoms with Crippen LogP contribution in [0.2, 0.25) is 0 Å². The van der Waals surface area contributed by atoms with Crippen molar-refractivity contribution in [3.8, 4) is 0 Å². The lowest BCUT2D eigenvalue weighted by molar-refractivity contribution is -0.126. The van der Waals surface area contributed by atoms with E-state index in [1.165, 1.54) is 0 Å². The molecular formula is C11H23NO2S. The molecule has 0 saturated heterocycles. The molecule has 0 saturated carbocycles. The van der Waals surface area contributed by atoms with Crippen molar-refractivity contribution >= 4 is 18.4 Å². The van der Waals surface area contributed by atoms with Crippen LogP contribution in [-0.4, -0.2) is 34.8 Å². The van der Waals surface area contributed by atoms with Crippen LogP contribution >= 0.6 is 12.6 Å². The van der Waals surface area contributed by atoms with Gasteiger partial charge >= 0.3 is 0 Å². The maximum absolute atomic E-state index is 11.8. The fourth-order valence-electron chi connectivity index (χ4n) is 1.27. The van der Waals surface area contributed by atoms with Gasteiger partial charge in [0.25, 0.3) is 0 Å². The molecule has 0 aliphatic heterocycles. The van der Waals surface area contributed by atoms with Gasteiger partial charge in [-0.2, -0.15) is 12.6 Å². The highest BCUT2D eigenvalue weighted by molar-refractivity contribution is 7.80. The lowest BCUT2D eigenvalue weighted by atomic mass is 9.97. The lowest BCUT2D eigenvalue weighted by Gasteiger charge is -2.26. The fraction of sp³-hybridized carbons (Fsp3) is 0.909. The zero-order valence-electron chi connectivity index (χ0n) is 10.0. The lowest BCUT2D eigenvalue weighted by Crippen LogP contribution is -2.51. The van der Waals surface area contributed by atoms with Gasteiger partial charge in [-0.25, -0.2) is 0 Å². The Morgan fingerprint density at radius 3 is 2.27 bits per heavy atom. The molecule has 0 bridgehead atoms. The van der Waals surface area contributed by atoms with Gasteiger partial charge < -0.3 is 10.4 Å². The van der Waals surface area contributed by atoms with E-state index in [-0.39, 0.29) is 17.7 Å². The van der Waals surface area contributed by atoms with Crippen molar-refractivity contribution in [2.45, 2.75) is 52.3 Å². The molecule has 0 aromatic carbocycles. The molecule has 0 aromatic heterocycles. The van der Waals surface area contributed by atoms with Crippen molar-refractivity contribution in [2.75, 3.05) is 5.75 Å². The monoisotopic (exact) mass is 233 g/mol. The van der Waals surface area contributed by atoms with E-state index in [9.17, 15) is 9.90 Å². The van der Waals surface area contributed by atoms with Crippen molar-refractivity contribution in [1.82, 2.24) is 5.32 Å². The van der Waals surface area contributed by atoms with E-state index in [4.69, 9.17) is 0 Å². The Morgan fingerprint density at radius 2 is 1.93 bits per heavy atom. The third-order valence-electron chi connectivity index (χ3n) is 2.52. The number of aliphatic hydroxyl groups is 1. The van der Waals surface area contributed by atoms with E-state index in [1.807, 2.05) is 27.7 Å². The second kappa shape index (κ2) is 7.25. The Labute approximate surface area is 98.0 Å². The van der Waals surface area contributed by atoms with Crippen LogP contribution in [0.3, 0.4) is 0 Å². The van der Waals surface area contributed by atoms with Crippen molar-refractivity contribution in [3.05, 3.63) is 0 Å². The van der Waals surface area contributed by atoms with Gasteiger partial charge in [-0.15, -0.1) is 0 Å². The molecule has 90 valence electrons. The number of carbonyl (C=O) groups is 1. The minimum Gasteiger partial charge on any atom is -0.390 e. The first-order chi connectivity index (χ1) is 6.93. The highest BCUT2D eigenvalue weighted by atomic mass is 32.1. The maximum atomic E-state index is 11.8. The van der Waals surface area contributed by atoms with Gasteiger partial charge in [0.15, 0.2) is 5.78 Å². The van der Waals surface area contributed by atoms with E-state index >= 15 is 0 Å². The smallest absolute Gasteiger partial charge is 0.154 e. The summed E-state index contributed by atoms with van der Waals surface area (Å²) in [7, 11) is 0. The third-order valence-corrected chi connectivity index (χ3v) is 2.90. The average molecular weight is 233 g/mol. The number of thiol groups is 1. The van der Waals surface area contributed by atoms with Crippen molar-refractivity contribution in [3.63, 3.8) is 0 Å². The van der Waals surface area contributed by atoms with Gasteiger partial charge in [-0.3, -0.25) is 4.79 Å². The predicted molar refractivity (Wildman–Crippen MR) is 66.4 cm³/mol. The first kappa shape index (κ1) is 14.9. The minimum atomic E-state index is -0.711. The summed E-state index contributed by atoms with van der Waals surface area (Å²) in [6.45, 7) is 7.74. The number of hydrogen-bond acceptors (Lipinski definition) is 4. The third kappa shape index (κ3) is 5.00. The molecule has 3 atom stereocenters. The van der Waals surface area contributed by atoms with Crippen LogP contribution in [-0.2, 0) is 4.79 Å². The summed E-state index contributed by atoms with van der Waals surface area (Å²) in [5, 5.41) is 12.9. The summed E-state index contributed by atoms with van der Waals surface area (Å²) < 4.78 is 0. The van der Waals surface area contributed by atoms with E-state index < -0.39 is 12.1 Å². The molecule has 0 heterocycles. The van der Waals surface area contributed by atoms with Crippen molar-refractivity contribution in [2.24, 2.45) is 5.92 Å². The Kier molecular flexibility index (Phi) is 7.22. The van der Waals surface area contributed by atoms with E-state index in [0.717, 1.165) is 6.42 Å². The SMILES string of the molecule is CCC(C)NC(C(=O)C(C)C)C(O)CS. The second-order valence-electron chi connectivity index (χ2n) is 4.26. The number of rotatable bonds is 7. The average Bonchev–Trinajstić information content (AvgIpc) is 2.23. The quantitative estimate of drug-likeness (QED) is 0.580. The van der Waals surface area contributed by atoms with Crippen LogP contribution < -0.4 is 5.32 Å². The first-order valence-corrected chi connectivity index (χ1v) is 6.15. The standard InChI is InChI=1S/C11H23NO2S/c1-5-8(4)12-10(9(13)6-15)11(14)7(2)3/h7-10,12-13,15H,5-6H2,1-4H3. The molecule has 0 aromatic rings. The minimum absolute atomic E-state index is 0.0526. The number of aliphatic hydroxyl groups excluding tert-OH is 1. The summed E-state index contributed by atoms with van der Waals surface area (Å²) >= 11 is 4.03. The topological polar surface area (TPSA) is 49.3 Å². The molecule has 3 unspecified atom stereocenters. The molecular weight excluding hydrogens is 210 g/mol. The zero-order chi connectivity index (χ0) is 12.0. The van der Waals surface area contributed by atoms with Crippen LogP contribution in [0, 0.1) is 5.92 Å². The van der Waals surface area contributed by atoms with Gasteiger partial charge in [-0.05, 0) is 13.3 Å². The summed E-state index contributed by atoms with van der Waals surface area (Å²) in [5.74, 6) is 0.282. The summed E-state index contributed by atoms with van der Waals surface area (Å²) in [5.41, 5.74) is 0. The molecule has 3 nitrogen and oxygen atoms in total. The molecule has 15 heavy (non-hydrogen) atoms. The van der Waals surface area contributed by atoms with Crippen molar-refractivity contribution in [1.29, 1.82) is 0 Å². The first-order valence-electron chi connectivity index (χ1n) is 5.52. The second-order valence-corrected chi connectivity index (χ2v) is 4.63. The van der Waals surface area contributed by atoms with E-state index in [0.29, 0.717) is 5.75 Å². The van der Waals surface area contributed by atoms with E-state index in [2.05, 4.69) is 17.9 Å². The Hall–Kier alpha value is -0.0600. The van der Waals surface area contributed by atoms with Crippen LogP contribution in [0.15, 0.2) is 0 Å². The van der Waals surface area contributed by atoms with Gasteiger partial charge in [-0.1, -0.05) is 20.8 Å². The summed E-state index contributed by atoms with van der Waals surface area (Å²) in [6, 6.07) is -0.260. The number of carbonyl (C=O) groups excluding carboxylic acids is 1. The van der Waals surface area contributed by atoms with Crippen LogP contribution in [0.25, 0.3) is 0 Å². The molecule has 0 aliphatic carbocycles. The molecule has 0 amide bonds. The molecule has 0 radical (unpaired) electrons. The molecule has 0 rings (SSSR count). The maximum Gasteiger partial charge on any atom is 0.154 e. The van der Waals surface area contributed by atoms with Gasteiger partial charge in [0.05, 0.1) is 12.1 Å². The van der Waals surface area contributed by atoms with Crippen molar-refractivity contribution < 1.29 is 9.90 Å². The Bertz CT molecular complexity index is 197. The predicted octanol–water partition coefficient (Wildman–Crippen LogP) is 1.26. The molecule has 0 fully saturated rings. The van der Waals surface area contributed by atoms with Crippen LogP contribution in [0.5, 0.6) is 0 Å². The van der Waals surface area contributed by atoms with E-state index in [1.54, 1.807) is 0 Å². The van der Waals surface area contributed by atoms with Gasteiger partial charge in [0.1, 0.15) is 0 Å². The number of ketones is 1. The Morgan fingerprint density at radius 1 is 1.40 bits per heavy atom. The molecule has 0 aliphatic rings. The summed E-state index contributed by atoms with van der Waals surface area (Å²) in [4.78, 5) is 11.8. The number of nitrogens with one attached hydrogen (secondary N) is 1. The molecule has 2 N–H and O–H groups in total. The largest absolute Gasteiger partial charge is 0.390 e. The normalized spacial score (nSPS) is 17.5. The van der Waals surface area contributed by atoms with Crippen LogP contribution in [0.1, 0.15) is 34.1 Å². The molecule has 0 spiro atoms. The number of Topliss-reactive ketones (excluding diaryl/α,β-unsaturated/α-hetero) is 1. The summed E-state index contributed by atoms with van der Waals surface area (Å²) in [6.07, 6.45) is 0.221. The van der Waals surface area contributed by atoms with Gasteiger partial charge in [0.2, 0.25) is 0 Å². The molecule has 4 heteroatoms.